The number of piperidine rings is 1. The molecule has 8 rings (SSSR count). The molecule has 1 aliphatic heterocycles. The average Bonchev–Trinajstić information content (AvgIpc) is 3.39. The van der Waals surface area contributed by atoms with Gasteiger partial charge in [0, 0.05) is 5.88 Å². The summed E-state index contributed by atoms with van der Waals surface area (Å²) in [4.78, 5) is 0. The Balaban J connectivity index is 0.000000189. The van der Waals surface area contributed by atoms with E-state index in [-0.39, 0.29) is 22.7 Å². The maximum absolute atomic E-state index is 12.1. The summed E-state index contributed by atoms with van der Waals surface area (Å²) in [6.07, 6.45) is 15.2. The summed E-state index contributed by atoms with van der Waals surface area (Å²) >= 11 is 5.65. The van der Waals surface area contributed by atoms with Crippen LogP contribution in [0.25, 0.3) is 0 Å². The van der Waals surface area contributed by atoms with E-state index in [4.69, 9.17) is 11.6 Å². The van der Waals surface area contributed by atoms with Crippen LogP contribution >= 0.6 is 11.6 Å². The molecule has 0 atom stereocenters. The number of aryl methyl sites for hydroxylation is 2. The van der Waals surface area contributed by atoms with Gasteiger partial charge in [-0.25, -0.2) is 0 Å². The number of rotatable bonds is 15. The second-order valence-corrected chi connectivity index (χ2v) is 22.4. The smallest absolute Gasteiger partial charge is 0.117 e. The van der Waals surface area contributed by atoms with Crippen LogP contribution in [0, 0.1) is 17.8 Å². The lowest BCUT2D eigenvalue weighted by Crippen LogP contribution is -2.42. The van der Waals surface area contributed by atoms with E-state index in [9.17, 15) is 10.2 Å². The van der Waals surface area contributed by atoms with E-state index in [0.29, 0.717) is 0 Å². The zero-order chi connectivity index (χ0) is 49.2. The van der Waals surface area contributed by atoms with Gasteiger partial charge >= 0.3 is 0 Å². The van der Waals surface area contributed by atoms with Crippen molar-refractivity contribution in [3.05, 3.63) is 214 Å². The van der Waals surface area contributed by atoms with Crippen molar-refractivity contribution in [2.45, 2.75) is 147 Å². The number of hydrogen-bond acceptors (Lipinski definition) is 3. The summed E-state index contributed by atoms with van der Waals surface area (Å²) in [5.74, 6) is 2.11. The zero-order valence-corrected chi connectivity index (χ0v) is 43.7. The Hall–Kier alpha value is -4.51. The van der Waals surface area contributed by atoms with Gasteiger partial charge in [0.1, 0.15) is 11.2 Å². The minimum Gasteiger partial charge on any atom is -0.380 e. The Morgan fingerprint density at radius 2 is 0.739 bits per heavy atom. The maximum atomic E-state index is 12.1. The first-order valence-electron chi connectivity index (χ1n) is 26.3. The van der Waals surface area contributed by atoms with Crippen molar-refractivity contribution < 1.29 is 10.2 Å². The van der Waals surface area contributed by atoms with Crippen LogP contribution in [-0.2, 0) is 34.9 Å². The van der Waals surface area contributed by atoms with Gasteiger partial charge in [-0.05, 0) is 144 Å². The molecule has 1 saturated heterocycles. The molecule has 3 N–H and O–H groups in total. The predicted molar refractivity (Wildman–Crippen MR) is 294 cm³/mol. The van der Waals surface area contributed by atoms with Gasteiger partial charge in [-0.3, -0.25) is 0 Å². The Bertz CT molecular complexity index is 2220. The zero-order valence-electron chi connectivity index (χ0n) is 43.0. The highest BCUT2D eigenvalue weighted by Gasteiger charge is 2.42. The van der Waals surface area contributed by atoms with E-state index in [1.807, 2.05) is 97.1 Å². The molecule has 0 spiro atoms. The van der Waals surface area contributed by atoms with E-state index < -0.39 is 11.2 Å². The van der Waals surface area contributed by atoms with Crippen molar-refractivity contribution in [1.29, 1.82) is 0 Å². The van der Waals surface area contributed by atoms with Crippen LogP contribution in [0.3, 0.4) is 0 Å². The molecule has 6 aromatic rings. The Morgan fingerprint density at radius 1 is 0.406 bits per heavy atom. The highest BCUT2D eigenvalue weighted by atomic mass is 35.5. The molecule has 0 amide bonds. The number of nitrogens with one attached hydrogen (secondary N) is 1. The summed E-state index contributed by atoms with van der Waals surface area (Å²) in [6, 6.07) is 59.0. The molecule has 0 bridgehead atoms. The van der Waals surface area contributed by atoms with Crippen LogP contribution in [0.2, 0.25) is 0 Å². The lowest BCUT2D eigenvalue weighted by molar-refractivity contribution is -0.00811. The molecule has 2 aliphatic rings. The summed E-state index contributed by atoms with van der Waals surface area (Å²) in [7, 11) is 0. The maximum Gasteiger partial charge on any atom is 0.117 e. The Labute approximate surface area is 423 Å². The third kappa shape index (κ3) is 15.2. The molecule has 0 unspecified atom stereocenters. The van der Waals surface area contributed by atoms with E-state index in [1.165, 1.54) is 67.2 Å². The molecular formula is C65H84ClNO2. The molecule has 2 fully saturated rings. The summed E-state index contributed by atoms with van der Waals surface area (Å²) in [5, 5.41) is 27.0. The van der Waals surface area contributed by atoms with Gasteiger partial charge in [0.15, 0.2) is 0 Å². The Kier molecular flexibility index (Phi) is 20.4. The first-order valence-corrected chi connectivity index (χ1v) is 26.9. The van der Waals surface area contributed by atoms with Crippen LogP contribution in [0.4, 0.5) is 0 Å². The molecular weight excluding hydrogens is 862 g/mol. The number of hydrogen-bond donors (Lipinski definition) is 3. The lowest BCUT2D eigenvalue weighted by Gasteiger charge is -2.41. The van der Waals surface area contributed by atoms with Gasteiger partial charge in [0.05, 0.1) is 0 Å². The molecule has 69 heavy (non-hydrogen) atoms. The third-order valence-corrected chi connectivity index (χ3v) is 15.3. The lowest BCUT2D eigenvalue weighted by atomic mass is 9.67. The summed E-state index contributed by atoms with van der Waals surface area (Å²) < 4.78 is 0. The largest absolute Gasteiger partial charge is 0.380 e. The molecule has 4 heteroatoms. The van der Waals surface area contributed by atoms with Crippen molar-refractivity contribution in [3.63, 3.8) is 0 Å². The van der Waals surface area contributed by atoms with Crippen LogP contribution in [0.1, 0.15) is 157 Å². The Morgan fingerprint density at radius 3 is 1.07 bits per heavy atom. The molecule has 6 aromatic carbocycles. The predicted octanol–water partition coefficient (Wildman–Crippen LogP) is 15.9. The van der Waals surface area contributed by atoms with Gasteiger partial charge in [-0.1, -0.05) is 237 Å². The first-order chi connectivity index (χ1) is 33.2. The third-order valence-electron chi connectivity index (χ3n) is 15.0. The second-order valence-electron chi connectivity index (χ2n) is 22.0. The first kappa shape index (κ1) is 53.8. The number of benzene rings is 6. The molecule has 368 valence electrons. The highest BCUT2D eigenvalue weighted by molar-refractivity contribution is 6.17. The topological polar surface area (TPSA) is 52.5 Å². The van der Waals surface area contributed by atoms with Gasteiger partial charge in [0.2, 0.25) is 0 Å². The van der Waals surface area contributed by atoms with E-state index in [2.05, 4.69) is 120 Å². The van der Waals surface area contributed by atoms with Crippen LogP contribution in [0.15, 0.2) is 170 Å². The molecule has 3 nitrogen and oxygen atoms in total. The quantitative estimate of drug-likeness (QED) is 0.0710. The second kappa shape index (κ2) is 26.1. The van der Waals surface area contributed by atoms with Crippen LogP contribution in [-0.4, -0.2) is 29.2 Å². The van der Waals surface area contributed by atoms with E-state index >= 15 is 0 Å². The van der Waals surface area contributed by atoms with Crippen molar-refractivity contribution in [2.24, 2.45) is 17.8 Å². The number of alkyl halides is 1. The number of aliphatic hydroxyl groups is 2. The van der Waals surface area contributed by atoms with Gasteiger partial charge < -0.3 is 15.5 Å². The van der Waals surface area contributed by atoms with Crippen molar-refractivity contribution in [2.75, 3.05) is 19.0 Å². The minimum atomic E-state index is -0.896. The van der Waals surface area contributed by atoms with Crippen molar-refractivity contribution in [3.8, 4) is 0 Å². The minimum absolute atomic E-state index is 0.227. The van der Waals surface area contributed by atoms with Gasteiger partial charge in [0.25, 0.3) is 0 Å². The van der Waals surface area contributed by atoms with Crippen molar-refractivity contribution in [1.82, 2.24) is 5.32 Å². The highest BCUT2D eigenvalue weighted by Crippen LogP contribution is 2.46. The fourth-order valence-corrected chi connectivity index (χ4v) is 10.9. The molecule has 1 saturated carbocycles. The molecule has 0 radical (unpaired) electrons. The van der Waals surface area contributed by atoms with Gasteiger partial charge in [-0.15, -0.1) is 11.6 Å². The number of unbranched alkanes of at least 4 members (excludes halogenated alkanes) is 2. The van der Waals surface area contributed by atoms with E-state index in [0.717, 1.165) is 85.7 Å². The van der Waals surface area contributed by atoms with Crippen LogP contribution < -0.4 is 5.32 Å². The molecule has 1 heterocycles. The van der Waals surface area contributed by atoms with E-state index in [1.54, 1.807) is 0 Å². The molecule has 0 aromatic heterocycles. The normalized spacial score (nSPS) is 16.9. The molecule has 1 aliphatic carbocycles. The monoisotopic (exact) mass is 946 g/mol. The standard InChI is InChI=1S/C33H42O.C18H21NO.C14H21Cl/c1-32(2,3)28-22-18-26(19-23-28)12-10-11-13-27-20-24-31(25-21-27)33(34,29-14-6-4-7-15-29)30-16-8-5-9-17-30;20-18(15-7-3-1-4-8-15,16-9-5-2-6-10-16)17-11-13-19-14-12-17;1-14(2,3)13-9-7-12(8-10-13)6-4-5-11-15/h4-9,14-19,22-23,27,31,34H,10-13,20-21,24-25H2,1-3H3;1-10,17,19-20H,11-14H2;7-10H,4-6,11H2,1-3H3. The average molecular weight is 947 g/mol. The summed E-state index contributed by atoms with van der Waals surface area (Å²) in [6.45, 7) is 15.5. The van der Waals surface area contributed by atoms with Crippen molar-refractivity contribution >= 4 is 11.6 Å². The van der Waals surface area contributed by atoms with Gasteiger partial charge in [-0.2, -0.15) is 0 Å². The SMILES string of the molecule is CC(C)(C)c1ccc(CCCCC2CCC(C(O)(c3ccccc3)c3ccccc3)CC2)cc1.CC(C)(C)c1ccc(CCCCCl)cc1.OC(c1ccccc1)(c1ccccc1)C1CCNCC1. The fourth-order valence-electron chi connectivity index (χ4n) is 10.7. The summed E-state index contributed by atoms with van der Waals surface area (Å²) in [5.41, 5.74) is 8.47. The van der Waals surface area contributed by atoms with Crippen LogP contribution in [0.5, 0.6) is 0 Å². The number of halogens is 1. The fraction of sp³-hybridized carbons (Fsp3) is 0.446.